The number of aromatic nitrogens is 1. The smallest absolute Gasteiger partial charge is 0.252 e. The monoisotopic (exact) mass is 445 g/mol. The van der Waals surface area contributed by atoms with E-state index in [0.717, 1.165) is 5.56 Å². The molecule has 1 N–H and O–H groups in total. The van der Waals surface area contributed by atoms with Gasteiger partial charge < -0.3 is 19.7 Å². The first-order valence-electron chi connectivity index (χ1n) is 11.0. The number of likely N-dealkylation sites (tertiary alicyclic amines) is 1. The highest BCUT2D eigenvalue weighted by Gasteiger charge is 2.31. The normalized spacial score (nSPS) is 14.9. The molecule has 7 heteroatoms. The lowest BCUT2D eigenvalue weighted by Gasteiger charge is -2.34. The zero-order valence-electron chi connectivity index (χ0n) is 18.5. The van der Waals surface area contributed by atoms with Crippen LogP contribution in [0.5, 0.6) is 11.6 Å². The number of hydrogen-bond donors (Lipinski definition) is 1. The third kappa shape index (κ3) is 5.68. The van der Waals surface area contributed by atoms with Crippen molar-refractivity contribution in [1.29, 1.82) is 0 Å². The fourth-order valence-corrected chi connectivity index (χ4v) is 3.85. The number of hydrogen-bond acceptors (Lipinski definition) is 5. The summed E-state index contributed by atoms with van der Waals surface area (Å²) in [6.45, 7) is 1.11. The predicted octanol–water partition coefficient (Wildman–Crippen LogP) is 3.63. The summed E-state index contributed by atoms with van der Waals surface area (Å²) < 4.78 is 11.1. The molecule has 0 aliphatic carbocycles. The maximum Gasteiger partial charge on any atom is 0.252 e. The van der Waals surface area contributed by atoms with E-state index in [1.807, 2.05) is 48.5 Å². The lowest BCUT2D eigenvalue weighted by atomic mass is 10.0. The van der Waals surface area contributed by atoms with Crippen LogP contribution in [0.15, 0.2) is 79.0 Å². The lowest BCUT2D eigenvalue weighted by molar-refractivity contribution is -0.135. The molecule has 4 rings (SSSR count). The summed E-state index contributed by atoms with van der Waals surface area (Å²) in [5, 5.41) is 2.92. The molecule has 1 atom stereocenters. The first-order valence-corrected chi connectivity index (χ1v) is 11.0. The Morgan fingerprint density at radius 2 is 1.67 bits per heavy atom. The van der Waals surface area contributed by atoms with E-state index in [2.05, 4.69) is 10.3 Å². The van der Waals surface area contributed by atoms with Crippen molar-refractivity contribution >= 4 is 11.8 Å². The first kappa shape index (κ1) is 22.3. The molecule has 7 nitrogen and oxygen atoms in total. The Morgan fingerprint density at radius 3 is 2.30 bits per heavy atom. The van der Waals surface area contributed by atoms with E-state index in [-0.39, 0.29) is 17.9 Å². The van der Waals surface area contributed by atoms with Crippen molar-refractivity contribution in [2.45, 2.75) is 25.0 Å². The number of carbonyl (C=O) groups is 2. The van der Waals surface area contributed by atoms with Crippen LogP contribution in [0.25, 0.3) is 0 Å². The van der Waals surface area contributed by atoms with Gasteiger partial charge in [-0.05, 0) is 35.9 Å². The molecule has 33 heavy (non-hydrogen) atoms. The number of nitrogens with one attached hydrogen (secondary N) is 1. The van der Waals surface area contributed by atoms with Gasteiger partial charge in [-0.25, -0.2) is 4.98 Å². The number of amides is 2. The highest BCUT2D eigenvalue weighted by molar-refractivity contribution is 5.98. The van der Waals surface area contributed by atoms with Crippen LogP contribution >= 0.6 is 0 Å². The molecule has 2 amide bonds. The minimum absolute atomic E-state index is 0.00742. The fraction of sp³-hybridized carbons (Fsp3) is 0.269. The Labute approximate surface area is 193 Å². The molecule has 1 aliphatic rings. The molecular formula is C26H27N3O4. The second-order valence-corrected chi connectivity index (χ2v) is 7.86. The Bertz CT molecular complexity index is 1050. The van der Waals surface area contributed by atoms with Crippen molar-refractivity contribution in [1.82, 2.24) is 15.2 Å². The van der Waals surface area contributed by atoms with E-state index in [1.165, 1.54) is 0 Å². The molecule has 2 aromatic carbocycles. The highest BCUT2D eigenvalue weighted by Crippen LogP contribution is 2.22. The van der Waals surface area contributed by atoms with Crippen molar-refractivity contribution in [3.05, 3.63) is 90.1 Å². The summed E-state index contributed by atoms with van der Waals surface area (Å²) in [4.78, 5) is 32.4. The Hall–Kier alpha value is -3.87. The van der Waals surface area contributed by atoms with E-state index < -0.39 is 6.04 Å². The van der Waals surface area contributed by atoms with E-state index in [1.54, 1.807) is 42.5 Å². The van der Waals surface area contributed by atoms with Crippen LogP contribution in [0.1, 0.15) is 34.8 Å². The summed E-state index contributed by atoms with van der Waals surface area (Å²) in [5.41, 5.74) is 1.21. The number of carbonyl (C=O) groups excluding carboxylic acids is 2. The molecule has 0 radical (unpaired) electrons. The van der Waals surface area contributed by atoms with E-state index in [4.69, 9.17) is 9.47 Å². The second-order valence-electron chi connectivity index (χ2n) is 7.86. The Kier molecular flexibility index (Phi) is 7.19. The summed E-state index contributed by atoms with van der Waals surface area (Å²) in [6, 6.07) is 20.9. The SMILES string of the molecule is COc1ccc(C(=O)NC(C(=O)N2CCC(Oc3ccccn3)CC2)c2ccccc2)cc1. The number of rotatable bonds is 7. The van der Waals surface area contributed by atoms with Crippen LogP contribution < -0.4 is 14.8 Å². The molecule has 3 aromatic rings. The first-order chi connectivity index (χ1) is 16.1. The van der Waals surface area contributed by atoms with Crippen molar-refractivity contribution < 1.29 is 19.1 Å². The summed E-state index contributed by atoms with van der Waals surface area (Å²) in [6.07, 6.45) is 3.12. The van der Waals surface area contributed by atoms with Crippen molar-refractivity contribution in [2.75, 3.05) is 20.2 Å². The van der Waals surface area contributed by atoms with Gasteiger partial charge in [-0.1, -0.05) is 36.4 Å². The topological polar surface area (TPSA) is 80.8 Å². The van der Waals surface area contributed by atoms with Crippen molar-refractivity contribution in [2.24, 2.45) is 0 Å². The molecule has 1 saturated heterocycles. The minimum atomic E-state index is -0.769. The number of benzene rings is 2. The number of piperidine rings is 1. The Morgan fingerprint density at radius 1 is 0.970 bits per heavy atom. The number of pyridine rings is 1. The molecule has 1 aliphatic heterocycles. The molecule has 2 heterocycles. The van der Waals surface area contributed by atoms with E-state index in [0.29, 0.717) is 43.1 Å². The number of methoxy groups -OCH3 is 1. The maximum absolute atomic E-state index is 13.5. The molecule has 170 valence electrons. The van der Waals surface area contributed by atoms with Crippen molar-refractivity contribution in [3.8, 4) is 11.6 Å². The molecule has 1 fully saturated rings. The largest absolute Gasteiger partial charge is 0.497 e. The van der Waals surface area contributed by atoms with Crippen LogP contribution in [0, 0.1) is 0 Å². The molecule has 0 saturated carbocycles. The summed E-state index contributed by atoms with van der Waals surface area (Å²) >= 11 is 0. The van der Waals surface area contributed by atoms with Gasteiger partial charge in [0, 0.05) is 43.8 Å². The molecule has 1 aromatic heterocycles. The molecule has 1 unspecified atom stereocenters. The van der Waals surface area contributed by atoms with Gasteiger partial charge in [0.05, 0.1) is 7.11 Å². The molecular weight excluding hydrogens is 418 g/mol. The van der Waals surface area contributed by atoms with Gasteiger partial charge in [0.1, 0.15) is 17.9 Å². The quantitative estimate of drug-likeness (QED) is 0.601. The molecule has 0 spiro atoms. The van der Waals surface area contributed by atoms with E-state index >= 15 is 0 Å². The zero-order valence-corrected chi connectivity index (χ0v) is 18.5. The van der Waals surface area contributed by atoms with Gasteiger partial charge >= 0.3 is 0 Å². The fourth-order valence-electron chi connectivity index (χ4n) is 3.85. The zero-order chi connectivity index (χ0) is 23.0. The second kappa shape index (κ2) is 10.6. The van der Waals surface area contributed by atoms with Crippen LogP contribution in [0.4, 0.5) is 0 Å². The average molecular weight is 446 g/mol. The summed E-state index contributed by atoms with van der Waals surface area (Å²) in [5.74, 6) is 0.821. The van der Waals surface area contributed by atoms with Crippen LogP contribution in [-0.4, -0.2) is 48.0 Å². The number of ether oxygens (including phenoxy) is 2. The highest BCUT2D eigenvalue weighted by atomic mass is 16.5. The van der Waals surface area contributed by atoms with Crippen molar-refractivity contribution in [3.63, 3.8) is 0 Å². The minimum Gasteiger partial charge on any atom is -0.497 e. The third-order valence-electron chi connectivity index (χ3n) is 5.69. The van der Waals surface area contributed by atoms with Crippen LogP contribution in [-0.2, 0) is 4.79 Å². The number of nitrogens with zero attached hydrogens (tertiary/aromatic N) is 2. The summed E-state index contributed by atoms with van der Waals surface area (Å²) in [7, 11) is 1.57. The van der Waals surface area contributed by atoms with Gasteiger partial charge in [-0.2, -0.15) is 0 Å². The average Bonchev–Trinajstić information content (AvgIpc) is 2.88. The van der Waals surface area contributed by atoms with Crippen LogP contribution in [0.3, 0.4) is 0 Å². The standard InChI is InChI=1S/C26H27N3O4/c1-32-21-12-10-20(11-13-21)25(30)28-24(19-7-3-2-4-8-19)26(31)29-17-14-22(15-18-29)33-23-9-5-6-16-27-23/h2-13,16,22,24H,14-15,17-18H2,1H3,(H,28,30). The Balaban J connectivity index is 1.43. The maximum atomic E-state index is 13.5. The van der Waals surface area contributed by atoms with Gasteiger partial charge in [-0.15, -0.1) is 0 Å². The predicted molar refractivity (Wildman–Crippen MR) is 124 cm³/mol. The van der Waals surface area contributed by atoms with Gasteiger partial charge in [0.2, 0.25) is 11.8 Å². The van der Waals surface area contributed by atoms with Gasteiger partial charge in [0.15, 0.2) is 0 Å². The van der Waals surface area contributed by atoms with Crippen LogP contribution in [0.2, 0.25) is 0 Å². The van der Waals surface area contributed by atoms with Gasteiger partial charge in [0.25, 0.3) is 5.91 Å². The van der Waals surface area contributed by atoms with Gasteiger partial charge in [-0.3, -0.25) is 9.59 Å². The molecule has 0 bridgehead atoms. The lowest BCUT2D eigenvalue weighted by Crippen LogP contribution is -2.47. The van der Waals surface area contributed by atoms with E-state index in [9.17, 15) is 9.59 Å². The third-order valence-corrected chi connectivity index (χ3v) is 5.69.